The summed E-state index contributed by atoms with van der Waals surface area (Å²) in [6, 6.07) is 8.37. The molecule has 0 bridgehead atoms. The predicted octanol–water partition coefficient (Wildman–Crippen LogP) is 3.20. The van der Waals surface area contributed by atoms with E-state index in [1.165, 1.54) is 11.5 Å². The Kier molecular flexibility index (Phi) is 3.69. The van der Waals surface area contributed by atoms with Crippen LogP contribution in [0.1, 0.15) is 11.1 Å². The molecule has 2 fully saturated rings. The zero-order chi connectivity index (χ0) is 12.2. The lowest BCUT2D eigenvalue weighted by molar-refractivity contribution is 1.28. The summed E-state index contributed by atoms with van der Waals surface area (Å²) in [4.78, 5) is 0. The Bertz CT molecular complexity index is 431. The zero-order valence-electron chi connectivity index (χ0n) is 9.93. The summed E-state index contributed by atoms with van der Waals surface area (Å²) in [7, 11) is 0. The Labute approximate surface area is 111 Å². The zero-order valence-corrected chi connectivity index (χ0v) is 9.93. The molecule has 18 heavy (non-hydrogen) atoms. The second kappa shape index (κ2) is 5.61. The molecule has 2 aliphatic rings. The molecule has 0 heterocycles. The van der Waals surface area contributed by atoms with E-state index in [0.717, 1.165) is 11.5 Å². The van der Waals surface area contributed by atoms with Gasteiger partial charge in [0.05, 0.1) is 5.92 Å². The van der Waals surface area contributed by atoms with Gasteiger partial charge in [0, 0.05) is 11.5 Å². The first-order valence-electron chi connectivity index (χ1n) is 5.98. The molecule has 0 aliphatic heterocycles. The third-order valence-electron chi connectivity index (χ3n) is 2.89. The fourth-order valence-corrected chi connectivity index (χ4v) is 1.91. The Morgan fingerprint density at radius 3 is 1.89 bits per heavy atom. The van der Waals surface area contributed by atoms with Crippen molar-refractivity contribution in [2.24, 2.45) is 0 Å². The van der Waals surface area contributed by atoms with E-state index in [-0.39, 0.29) is 0 Å². The van der Waals surface area contributed by atoms with Gasteiger partial charge in [-0.1, -0.05) is 24.0 Å². The van der Waals surface area contributed by atoms with E-state index in [1.807, 2.05) is 25.7 Å². The van der Waals surface area contributed by atoms with Gasteiger partial charge in [0.2, 0.25) is 0 Å². The smallest absolute Gasteiger partial charge is 0.0558 e. The topological polar surface area (TPSA) is 0 Å². The van der Waals surface area contributed by atoms with Crippen LogP contribution in [0, 0.1) is 75.0 Å². The van der Waals surface area contributed by atoms with Crippen molar-refractivity contribution in [3.8, 4) is 11.8 Å². The second-order valence-electron chi connectivity index (χ2n) is 4.17. The average molecular weight is 228 g/mol. The second-order valence-corrected chi connectivity index (χ2v) is 4.17. The standard InChI is InChI=1S/C18H12/c1-2-6-15(5-1)9-10-16-11-13-18(14-12-16)17-7-3-4-8-17/h1-8,11-14H. The Balaban J connectivity index is 1.66. The summed E-state index contributed by atoms with van der Waals surface area (Å²) in [6.07, 6.45) is 16.4. The maximum Gasteiger partial charge on any atom is 0.0558 e. The quantitative estimate of drug-likeness (QED) is 0.647. The van der Waals surface area contributed by atoms with Crippen LogP contribution in [-0.4, -0.2) is 0 Å². The first-order valence-corrected chi connectivity index (χ1v) is 5.98. The van der Waals surface area contributed by atoms with Gasteiger partial charge in [-0.2, -0.15) is 0 Å². The Morgan fingerprint density at radius 2 is 1.22 bits per heavy atom. The maximum absolute atomic E-state index is 3.17. The monoisotopic (exact) mass is 228 g/mol. The third-order valence-corrected chi connectivity index (χ3v) is 2.89. The van der Waals surface area contributed by atoms with Crippen molar-refractivity contribution in [2.45, 2.75) is 0 Å². The van der Waals surface area contributed by atoms with Gasteiger partial charge in [-0.05, 0) is 69.1 Å². The summed E-state index contributed by atoms with van der Waals surface area (Å²) in [5, 5.41) is 0. The molecule has 0 amide bonds. The minimum atomic E-state index is 1.05. The first-order chi connectivity index (χ1) is 8.92. The number of rotatable bonds is 1. The molecular formula is C18H12. The van der Waals surface area contributed by atoms with Crippen molar-refractivity contribution in [3.63, 3.8) is 0 Å². The van der Waals surface area contributed by atoms with Crippen molar-refractivity contribution in [1.82, 2.24) is 0 Å². The molecular weight excluding hydrogens is 216 g/mol. The summed E-state index contributed by atoms with van der Waals surface area (Å²) in [5.74, 6) is 8.63. The highest BCUT2D eigenvalue weighted by molar-refractivity contribution is 5.53. The third kappa shape index (κ3) is 2.78. The minimum absolute atomic E-state index is 1.05. The van der Waals surface area contributed by atoms with Crippen LogP contribution in [0.15, 0.2) is 24.3 Å². The normalized spacial score (nSPS) is 20.9. The van der Waals surface area contributed by atoms with E-state index in [1.54, 1.807) is 0 Å². The lowest BCUT2D eigenvalue weighted by Gasteiger charge is -2.07. The number of benzene rings is 1. The SMILES string of the molecule is C(#Cc1ccc([C]2[CH][CH][CH][CH]2)cc1)[C]1[CH][CH][CH][CH]1. The molecule has 0 aromatic heterocycles. The summed E-state index contributed by atoms with van der Waals surface area (Å²) >= 11 is 0. The molecule has 1 aromatic carbocycles. The average Bonchev–Trinajstić information content (AvgIpc) is 3.10. The first kappa shape index (κ1) is 11.8. The Hall–Kier alpha value is -1.22. The lowest BCUT2D eigenvalue weighted by Crippen LogP contribution is -1.94. The van der Waals surface area contributed by atoms with Crippen LogP contribution in [0.4, 0.5) is 0 Å². The van der Waals surface area contributed by atoms with Crippen LogP contribution in [0.2, 0.25) is 0 Å². The summed E-state index contributed by atoms with van der Waals surface area (Å²) in [6.45, 7) is 0. The molecule has 0 heteroatoms. The largest absolute Gasteiger partial charge is 0.0888 e. The van der Waals surface area contributed by atoms with Crippen LogP contribution in [0.5, 0.6) is 0 Å². The number of hydrogen-bond acceptors (Lipinski definition) is 0. The maximum atomic E-state index is 3.17. The highest BCUT2D eigenvalue weighted by atomic mass is 14.2. The van der Waals surface area contributed by atoms with Gasteiger partial charge in [0.1, 0.15) is 0 Å². The van der Waals surface area contributed by atoms with Crippen LogP contribution < -0.4 is 0 Å². The van der Waals surface area contributed by atoms with Gasteiger partial charge in [-0.15, -0.1) is 0 Å². The van der Waals surface area contributed by atoms with Crippen LogP contribution >= 0.6 is 0 Å². The fourth-order valence-electron chi connectivity index (χ4n) is 1.91. The summed E-state index contributed by atoms with van der Waals surface area (Å²) < 4.78 is 0. The molecule has 0 unspecified atom stereocenters. The van der Waals surface area contributed by atoms with Crippen molar-refractivity contribution >= 4 is 0 Å². The van der Waals surface area contributed by atoms with Crippen molar-refractivity contribution in [2.75, 3.05) is 0 Å². The van der Waals surface area contributed by atoms with Crippen molar-refractivity contribution < 1.29 is 0 Å². The van der Waals surface area contributed by atoms with E-state index >= 15 is 0 Å². The van der Waals surface area contributed by atoms with E-state index in [2.05, 4.69) is 61.8 Å². The van der Waals surface area contributed by atoms with Gasteiger partial charge in [0.25, 0.3) is 0 Å². The molecule has 3 rings (SSSR count). The van der Waals surface area contributed by atoms with Gasteiger partial charge in [-0.25, -0.2) is 0 Å². The summed E-state index contributed by atoms with van der Waals surface area (Å²) in [5.41, 5.74) is 2.28. The van der Waals surface area contributed by atoms with Crippen molar-refractivity contribution in [1.29, 1.82) is 0 Å². The lowest BCUT2D eigenvalue weighted by atomic mass is 9.97. The molecule has 1 aromatic rings. The van der Waals surface area contributed by atoms with Crippen molar-refractivity contribution in [3.05, 3.63) is 98.6 Å². The molecule has 0 nitrogen and oxygen atoms in total. The highest BCUT2D eigenvalue weighted by Gasteiger charge is 2.18. The van der Waals surface area contributed by atoms with Gasteiger partial charge >= 0.3 is 0 Å². The molecule has 0 spiro atoms. The molecule has 0 atom stereocenters. The Morgan fingerprint density at radius 1 is 0.611 bits per heavy atom. The van der Waals surface area contributed by atoms with Gasteiger partial charge < -0.3 is 0 Å². The van der Waals surface area contributed by atoms with E-state index < -0.39 is 0 Å². The van der Waals surface area contributed by atoms with E-state index in [4.69, 9.17) is 0 Å². The molecule has 0 saturated heterocycles. The number of hydrogen-bond donors (Lipinski definition) is 0. The van der Waals surface area contributed by atoms with E-state index in [9.17, 15) is 0 Å². The van der Waals surface area contributed by atoms with Crippen LogP contribution in [0.25, 0.3) is 0 Å². The highest BCUT2D eigenvalue weighted by Crippen LogP contribution is 2.30. The van der Waals surface area contributed by atoms with Gasteiger partial charge in [-0.3, -0.25) is 0 Å². The fraction of sp³-hybridized carbons (Fsp3) is 0. The molecule has 0 N–H and O–H groups in total. The van der Waals surface area contributed by atoms with Crippen LogP contribution in [-0.2, 0) is 0 Å². The molecule has 84 valence electrons. The predicted molar refractivity (Wildman–Crippen MR) is 73.3 cm³/mol. The minimum Gasteiger partial charge on any atom is -0.0888 e. The van der Waals surface area contributed by atoms with Gasteiger partial charge in [0.15, 0.2) is 0 Å². The molecule has 2 aliphatic carbocycles. The van der Waals surface area contributed by atoms with Crippen LogP contribution in [0.3, 0.4) is 0 Å². The molecule has 2 saturated carbocycles. The molecule has 10 radical (unpaired) electrons. The van der Waals surface area contributed by atoms with E-state index in [0.29, 0.717) is 0 Å².